The quantitative estimate of drug-likeness (QED) is 0.505. The van der Waals surface area contributed by atoms with Gasteiger partial charge in [0, 0.05) is 29.7 Å². The van der Waals surface area contributed by atoms with Crippen molar-refractivity contribution in [3.63, 3.8) is 0 Å². The Morgan fingerprint density at radius 3 is 2.43 bits per heavy atom. The Labute approximate surface area is 179 Å². The van der Waals surface area contributed by atoms with E-state index in [1.54, 1.807) is 56.4 Å². The summed E-state index contributed by atoms with van der Waals surface area (Å²) in [5.41, 5.74) is 2.10. The molecule has 0 N–H and O–H groups in total. The Morgan fingerprint density at radius 2 is 1.82 bits per heavy atom. The molecule has 28 heavy (non-hydrogen) atoms. The van der Waals surface area contributed by atoms with Crippen LogP contribution >= 0.6 is 35.4 Å². The predicted molar refractivity (Wildman–Crippen MR) is 115 cm³/mol. The first kappa shape index (κ1) is 20.5. The van der Waals surface area contributed by atoms with E-state index >= 15 is 0 Å². The van der Waals surface area contributed by atoms with Crippen LogP contribution in [0.3, 0.4) is 0 Å². The minimum absolute atomic E-state index is 0.149. The fourth-order valence-electron chi connectivity index (χ4n) is 2.73. The zero-order valence-corrected chi connectivity index (χ0v) is 17.9. The molecule has 0 radical (unpaired) electrons. The molecule has 0 atom stereocenters. The van der Waals surface area contributed by atoms with Crippen molar-refractivity contribution in [1.29, 1.82) is 0 Å². The van der Waals surface area contributed by atoms with Gasteiger partial charge >= 0.3 is 0 Å². The summed E-state index contributed by atoms with van der Waals surface area (Å²) in [5.74, 6) is 0.960. The van der Waals surface area contributed by atoms with Gasteiger partial charge in [0.05, 0.1) is 7.11 Å². The number of carbonyl (C=O) groups excluding carboxylic acids is 1. The lowest BCUT2D eigenvalue weighted by Gasteiger charge is -2.13. The van der Waals surface area contributed by atoms with Gasteiger partial charge in [0.2, 0.25) is 0 Å². The maximum Gasteiger partial charge on any atom is 0.276 e. The highest BCUT2D eigenvalue weighted by Gasteiger charge is 2.32. The molecule has 2 aromatic carbocycles. The van der Waals surface area contributed by atoms with E-state index in [1.165, 1.54) is 4.90 Å². The zero-order chi connectivity index (χ0) is 20.4. The summed E-state index contributed by atoms with van der Waals surface area (Å²) in [6, 6.07) is 10.7. The number of halogens is 2. The van der Waals surface area contributed by atoms with Gasteiger partial charge in [0.25, 0.3) is 5.91 Å². The van der Waals surface area contributed by atoms with Crippen LogP contribution in [0.1, 0.15) is 11.1 Å². The Morgan fingerprint density at radius 1 is 1.07 bits per heavy atom. The second-order valence-electron chi connectivity index (χ2n) is 6.17. The number of nitrogens with zero attached hydrogens (tertiary/aromatic N) is 2. The predicted octanol–water partition coefficient (Wildman–Crippen LogP) is 4.61. The van der Waals surface area contributed by atoms with Gasteiger partial charge < -0.3 is 14.4 Å². The highest BCUT2D eigenvalue weighted by molar-refractivity contribution is 7.80. The van der Waals surface area contributed by atoms with Crippen LogP contribution in [0, 0.1) is 0 Å². The minimum Gasteiger partial charge on any atom is -0.493 e. The van der Waals surface area contributed by atoms with Crippen LogP contribution in [0.15, 0.2) is 42.1 Å². The summed E-state index contributed by atoms with van der Waals surface area (Å²) in [7, 11) is 4.98. The van der Waals surface area contributed by atoms with Crippen LogP contribution in [-0.4, -0.2) is 42.0 Å². The Kier molecular flexibility index (Phi) is 6.13. The van der Waals surface area contributed by atoms with Crippen LogP contribution in [0.5, 0.6) is 11.5 Å². The number of ether oxygens (including phenoxy) is 2. The number of rotatable bonds is 5. The zero-order valence-electron chi connectivity index (χ0n) is 15.5. The molecule has 0 unspecified atom stereocenters. The third kappa shape index (κ3) is 4.09. The summed E-state index contributed by atoms with van der Waals surface area (Å²) in [4.78, 5) is 15.4. The number of thiocarbonyl (C=S) groups is 1. The molecule has 0 bridgehead atoms. The van der Waals surface area contributed by atoms with Crippen molar-refractivity contribution < 1.29 is 14.3 Å². The molecule has 8 heteroatoms. The number of carbonyl (C=O) groups is 1. The lowest BCUT2D eigenvalue weighted by atomic mass is 10.1. The van der Waals surface area contributed by atoms with Crippen LogP contribution in [0.25, 0.3) is 6.08 Å². The van der Waals surface area contributed by atoms with E-state index in [9.17, 15) is 4.79 Å². The van der Waals surface area contributed by atoms with Crippen molar-refractivity contribution in [2.24, 2.45) is 0 Å². The third-order valence-electron chi connectivity index (χ3n) is 4.35. The van der Waals surface area contributed by atoms with Gasteiger partial charge in [-0.2, -0.15) is 0 Å². The molecule has 2 aromatic rings. The van der Waals surface area contributed by atoms with Crippen molar-refractivity contribution in [2.75, 3.05) is 21.2 Å². The lowest BCUT2D eigenvalue weighted by molar-refractivity contribution is -0.121. The summed E-state index contributed by atoms with van der Waals surface area (Å²) in [6.07, 6.45) is 1.76. The van der Waals surface area contributed by atoms with E-state index in [1.807, 2.05) is 12.1 Å². The molecule has 1 fully saturated rings. The van der Waals surface area contributed by atoms with E-state index in [0.717, 1.165) is 11.1 Å². The first-order valence-corrected chi connectivity index (χ1v) is 9.50. The highest BCUT2D eigenvalue weighted by atomic mass is 35.5. The summed E-state index contributed by atoms with van der Waals surface area (Å²) in [6.45, 7) is 0.271. The van der Waals surface area contributed by atoms with Gasteiger partial charge in [-0.3, -0.25) is 9.69 Å². The molecule has 0 aliphatic carbocycles. The van der Waals surface area contributed by atoms with Crippen molar-refractivity contribution >= 4 is 52.5 Å². The molecule has 1 saturated heterocycles. The van der Waals surface area contributed by atoms with Crippen LogP contribution in [-0.2, 0) is 11.4 Å². The van der Waals surface area contributed by atoms with Gasteiger partial charge in [0.1, 0.15) is 12.3 Å². The first-order chi connectivity index (χ1) is 13.3. The van der Waals surface area contributed by atoms with Gasteiger partial charge in [-0.05, 0) is 48.1 Å². The normalized spacial score (nSPS) is 15.5. The lowest BCUT2D eigenvalue weighted by Crippen LogP contribution is -2.26. The Balaban J connectivity index is 1.82. The molecular weight excluding hydrogens is 419 g/mol. The highest BCUT2D eigenvalue weighted by Crippen LogP contribution is 2.31. The second-order valence-corrected chi connectivity index (χ2v) is 7.38. The number of likely N-dealkylation sites (N-methyl/N-ethyl adjacent to an activating group) is 2. The van der Waals surface area contributed by atoms with Crippen LogP contribution < -0.4 is 9.47 Å². The summed E-state index contributed by atoms with van der Waals surface area (Å²) < 4.78 is 11.3. The third-order valence-corrected chi connectivity index (χ3v) is 5.48. The standard InChI is InChI=1S/C20H18Cl2N2O3S/c1-23-16(19(25)24(2)20(23)28)8-12-4-7-17(18(9-12)26-3)27-11-13-5-6-14(21)10-15(13)22/h4-10H,11H2,1-3H3/b16-8-. The maximum absolute atomic E-state index is 12.3. The van der Waals surface area contributed by atoms with E-state index < -0.39 is 0 Å². The van der Waals surface area contributed by atoms with E-state index in [4.69, 9.17) is 44.9 Å². The van der Waals surface area contributed by atoms with Crippen molar-refractivity contribution in [1.82, 2.24) is 9.80 Å². The van der Waals surface area contributed by atoms with Gasteiger partial charge in [0.15, 0.2) is 16.6 Å². The van der Waals surface area contributed by atoms with Crippen molar-refractivity contribution in [3.05, 3.63) is 63.3 Å². The number of methoxy groups -OCH3 is 1. The molecular formula is C20H18Cl2N2O3S. The van der Waals surface area contributed by atoms with Crippen LogP contribution in [0.4, 0.5) is 0 Å². The topological polar surface area (TPSA) is 42.0 Å². The molecule has 5 nitrogen and oxygen atoms in total. The summed E-state index contributed by atoms with van der Waals surface area (Å²) in [5, 5.41) is 1.57. The molecule has 1 aliphatic heterocycles. The van der Waals surface area contributed by atoms with Gasteiger partial charge in [-0.1, -0.05) is 35.3 Å². The summed E-state index contributed by atoms with van der Waals surface area (Å²) >= 11 is 17.3. The molecule has 1 heterocycles. The van der Waals surface area contributed by atoms with Gasteiger partial charge in [-0.15, -0.1) is 0 Å². The average Bonchev–Trinajstić information content (AvgIpc) is 2.85. The molecule has 146 valence electrons. The number of amides is 1. The number of hydrogen-bond donors (Lipinski definition) is 0. The molecule has 3 rings (SSSR count). The molecule has 0 spiro atoms. The van der Waals surface area contributed by atoms with Gasteiger partial charge in [-0.25, -0.2) is 0 Å². The molecule has 1 aliphatic rings. The largest absolute Gasteiger partial charge is 0.493 e. The van der Waals surface area contributed by atoms with Crippen molar-refractivity contribution in [2.45, 2.75) is 6.61 Å². The Bertz CT molecular complexity index is 978. The SMILES string of the molecule is COc1cc(/C=C2/C(=O)N(C)C(=S)N2C)ccc1OCc1ccc(Cl)cc1Cl. The fraction of sp³-hybridized carbons (Fsp3) is 0.200. The second kappa shape index (κ2) is 8.39. The molecule has 0 saturated carbocycles. The average molecular weight is 437 g/mol. The molecule has 1 amide bonds. The molecule has 0 aromatic heterocycles. The first-order valence-electron chi connectivity index (χ1n) is 8.34. The van der Waals surface area contributed by atoms with Crippen LogP contribution in [0.2, 0.25) is 10.0 Å². The van der Waals surface area contributed by atoms with Crippen molar-refractivity contribution in [3.8, 4) is 11.5 Å². The fourth-order valence-corrected chi connectivity index (χ4v) is 3.38. The maximum atomic E-state index is 12.3. The smallest absolute Gasteiger partial charge is 0.276 e. The van der Waals surface area contributed by atoms with E-state index in [2.05, 4.69) is 0 Å². The number of benzene rings is 2. The van der Waals surface area contributed by atoms with E-state index in [0.29, 0.717) is 32.4 Å². The monoisotopic (exact) mass is 436 g/mol. The number of hydrogen-bond acceptors (Lipinski definition) is 4. The Hall–Kier alpha value is -2.28. The van der Waals surface area contributed by atoms with E-state index in [-0.39, 0.29) is 12.5 Å². The minimum atomic E-state index is -0.149.